The Balaban J connectivity index is 4.53. The molecular weight excluding hydrogens is 259 g/mol. The molecule has 0 aromatic rings. The SMILES string of the molecule is CCO[Si](OCC)(OCC)C([AsH2])CC. The summed E-state index contributed by atoms with van der Waals surface area (Å²) in [5, 5.41) is 0. The summed E-state index contributed by atoms with van der Waals surface area (Å²) in [6, 6.07) is 0. The molecule has 86 valence electrons. The van der Waals surface area contributed by atoms with Crippen LogP contribution in [0.25, 0.3) is 0 Å². The molecule has 0 spiro atoms. The molecule has 2 atom stereocenters. The van der Waals surface area contributed by atoms with Crippen LogP contribution in [0.5, 0.6) is 0 Å². The fourth-order valence-electron chi connectivity index (χ4n) is 1.30. The zero-order valence-electron chi connectivity index (χ0n) is 9.71. The van der Waals surface area contributed by atoms with Gasteiger partial charge in [-0.15, -0.1) is 0 Å². The van der Waals surface area contributed by atoms with Gasteiger partial charge in [-0.1, -0.05) is 0 Å². The quantitative estimate of drug-likeness (QED) is 0.630. The van der Waals surface area contributed by atoms with Gasteiger partial charge in [-0.2, -0.15) is 0 Å². The number of hydrogen-bond donors (Lipinski definition) is 0. The first-order valence-electron chi connectivity index (χ1n) is 5.34. The third-order valence-electron chi connectivity index (χ3n) is 1.93. The fraction of sp³-hybridized carbons (Fsp3) is 1.00. The Morgan fingerprint density at radius 2 is 1.29 bits per heavy atom. The van der Waals surface area contributed by atoms with E-state index in [4.69, 9.17) is 13.3 Å². The van der Waals surface area contributed by atoms with Crippen LogP contribution in [-0.2, 0) is 13.3 Å². The summed E-state index contributed by atoms with van der Waals surface area (Å²) in [6.45, 7) is 10.2. The molecule has 0 amide bonds. The van der Waals surface area contributed by atoms with Gasteiger partial charge >= 0.3 is 97.2 Å². The Kier molecular flexibility index (Phi) is 8.25. The molecule has 0 aliphatic heterocycles. The van der Waals surface area contributed by atoms with E-state index in [0.717, 1.165) is 6.42 Å². The van der Waals surface area contributed by atoms with Gasteiger partial charge in [0.1, 0.15) is 0 Å². The molecule has 0 aliphatic carbocycles. The molecule has 0 aliphatic rings. The molecule has 0 saturated heterocycles. The first kappa shape index (κ1) is 14.7. The number of hydrogen-bond acceptors (Lipinski definition) is 3. The summed E-state index contributed by atoms with van der Waals surface area (Å²) < 4.78 is 17.8. The van der Waals surface area contributed by atoms with Crippen molar-refractivity contribution in [3.63, 3.8) is 0 Å². The molecular formula is C9H23AsO3Si. The van der Waals surface area contributed by atoms with Crippen LogP contribution in [0, 0.1) is 0 Å². The predicted octanol–water partition coefficient (Wildman–Crippen LogP) is 1.41. The zero-order chi connectivity index (χ0) is 11.0. The van der Waals surface area contributed by atoms with Gasteiger partial charge in [0.05, 0.1) is 0 Å². The third-order valence-corrected chi connectivity index (χ3v) is 8.88. The van der Waals surface area contributed by atoms with Crippen molar-refractivity contribution < 1.29 is 13.3 Å². The summed E-state index contributed by atoms with van der Waals surface area (Å²) in [6.07, 6.45) is 1.06. The van der Waals surface area contributed by atoms with Gasteiger partial charge in [0.15, 0.2) is 0 Å². The molecule has 14 heavy (non-hydrogen) atoms. The average Bonchev–Trinajstić information content (AvgIpc) is 2.17. The molecule has 2 unspecified atom stereocenters. The number of rotatable bonds is 8. The molecule has 0 aromatic heterocycles. The first-order valence-corrected chi connectivity index (χ1v) is 8.54. The van der Waals surface area contributed by atoms with Crippen molar-refractivity contribution in [3.8, 4) is 0 Å². The van der Waals surface area contributed by atoms with Gasteiger partial charge in [0.2, 0.25) is 0 Å². The van der Waals surface area contributed by atoms with Crippen molar-refractivity contribution in [3.05, 3.63) is 0 Å². The molecule has 3 nitrogen and oxygen atoms in total. The van der Waals surface area contributed by atoms with Crippen LogP contribution >= 0.6 is 0 Å². The van der Waals surface area contributed by atoms with E-state index in [0.29, 0.717) is 24.1 Å². The molecule has 0 fully saturated rings. The van der Waals surface area contributed by atoms with E-state index in [1.54, 1.807) is 16.9 Å². The van der Waals surface area contributed by atoms with E-state index in [-0.39, 0.29) is 0 Å². The van der Waals surface area contributed by atoms with E-state index < -0.39 is 8.80 Å². The first-order chi connectivity index (χ1) is 6.66. The standard InChI is InChI=1S/C9H23AsO3Si/c1-5-9(10)14(11-6-2,12-7-3)13-8-4/h9H,5-8,10H2,1-4H3. The maximum atomic E-state index is 5.77. The predicted molar refractivity (Wildman–Crippen MR) is 63.2 cm³/mol. The maximum absolute atomic E-state index is 5.77. The zero-order valence-corrected chi connectivity index (χ0v) is 13.1. The van der Waals surface area contributed by atoms with Crippen LogP contribution < -0.4 is 0 Å². The third kappa shape index (κ3) is 4.03. The second-order valence-electron chi connectivity index (χ2n) is 2.92. The Hall–Kier alpha value is 0.655. The van der Waals surface area contributed by atoms with E-state index in [1.807, 2.05) is 20.8 Å². The van der Waals surface area contributed by atoms with Gasteiger partial charge < -0.3 is 0 Å². The molecule has 0 heterocycles. The molecule has 0 aromatic carbocycles. The Morgan fingerprint density at radius 3 is 1.50 bits per heavy atom. The Morgan fingerprint density at radius 1 is 0.929 bits per heavy atom. The van der Waals surface area contributed by atoms with Gasteiger partial charge in [0, 0.05) is 0 Å². The van der Waals surface area contributed by atoms with E-state index in [9.17, 15) is 0 Å². The van der Waals surface area contributed by atoms with Crippen molar-refractivity contribution in [2.45, 2.75) is 38.4 Å². The van der Waals surface area contributed by atoms with Crippen molar-refractivity contribution in [1.82, 2.24) is 0 Å². The van der Waals surface area contributed by atoms with E-state index in [2.05, 4.69) is 6.92 Å². The van der Waals surface area contributed by atoms with Crippen LogP contribution in [0.1, 0.15) is 34.1 Å². The summed E-state index contributed by atoms with van der Waals surface area (Å²) in [4.78, 5) is 0. The normalized spacial score (nSPS) is 14.4. The summed E-state index contributed by atoms with van der Waals surface area (Å²) in [5.74, 6) is 0. The molecule has 0 N–H and O–H groups in total. The van der Waals surface area contributed by atoms with Crippen LogP contribution in [0.3, 0.4) is 0 Å². The van der Waals surface area contributed by atoms with Gasteiger partial charge in [-0.3, -0.25) is 0 Å². The summed E-state index contributed by atoms with van der Waals surface area (Å²) in [7, 11) is -2.37. The summed E-state index contributed by atoms with van der Waals surface area (Å²) >= 11 is 1.66. The van der Waals surface area contributed by atoms with Crippen molar-refractivity contribution >= 4 is 25.7 Å². The van der Waals surface area contributed by atoms with Crippen LogP contribution in [-0.4, -0.2) is 45.5 Å². The van der Waals surface area contributed by atoms with Crippen molar-refractivity contribution in [2.24, 2.45) is 0 Å². The fourth-order valence-corrected chi connectivity index (χ4v) is 5.72. The summed E-state index contributed by atoms with van der Waals surface area (Å²) in [5.41, 5.74) is 0. The molecule has 0 bridgehead atoms. The van der Waals surface area contributed by atoms with Crippen LogP contribution in [0.2, 0.25) is 4.33 Å². The minimum atomic E-state index is -2.37. The van der Waals surface area contributed by atoms with Crippen molar-refractivity contribution in [2.75, 3.05) is 19.8 Å². The Bertz CT molecular complexity index is 129. The van der Waals surface area contributed by atoms with Gasteiger partial charge in [-0.05, 0) is 0 Å². The molecule has 0 radical (unpaired) electrons. The molecule has 5 heteroatoms. The van der Waals surface area contributed by atoms with Gasteiger partial charge in [0.25, 0.3) is 0 Å². The topological polar surface area (TPSA) is 27.7 Å². The van der Waals surface area contributed by atoms with Crippen molar-refractivity contribution in [1.29, 1.82) is 0 Å². The second-order valence-corrected chi connectivity index (χ2v) is 8.82. The molecule has 0 rings (SSSR count). The molecule has 0 saturated carbocycles. The monoisotopic (exact) mass is 282 g/mol. The van der Waals surface area contributed by atoms with Crippen LogP contribution in [0.4, 0.5) is 0 Å². The minimum absolute atomic E-state index is 0.440. The Labute approximate surface area is 97.4 Å². The van der Waals surface area contributed by atoms with Crippen LogP contribution in [0.15, 0.2) is 0 Å². The van der Waals surface area contributed by atoms with E-state index in [1.165, 1.54) is 0 Å². The second kappa shape index (κ2) is 7.88. The van der Waals surface area contributed by atoms with E-state index >= 15 is 0 Å². The average molecular weight is 282 g/mol. The van der Waals surface area contributed by atoms with Gasteiger partial charge in [-0.25, -0.2) is 0 Å².